The van der Waals surface area contributed by atoms with Crippen molar-refractivity contribution < 1.29 is 18.7 Å². The van der Waals surface area contributed by atoms with Crippen molar-refractivity contribution in [1.29, 1.82) is 0 Å². The summed E-state index contributed by atoms with van der Waals surface area (Å²) in [6.45, 7) is 3.69. The van der Waals surface area contributed by atoms with Crippen LogP contribution in [0.15, 0.2) is 53.9 Å². The number of carbonyl (C=O) groups excluding carboxylic acids is 2. The van der Waals surface area contributed by atoms with Gasteiger partial charge in [-0.2, -0.15) is 0 Å². The molecule has 1 aromatic carbocycles. The van der Waals surface area contributed by atoms with Gasteiger partial charge in [0.2, 0.25) is 5.91 Å². The van der Waals surface area contributed by atoms with Crippen molar-refractivity contribution >= 4 is 40.0 Å². The largest absolute Gasteiger partial charge is 0.465 e. The number of hydrogen-bond acceptors (Lipinski definition) is 8. The zero-order valence-corrected chi connectivity index (χ0v) is 20.2. The van der Waals surface area contributed by atoms with Gasteiger partial charge in [-0.3, -0.25) is 14.3 Å². The topological polar surface area (TPSA) is 99.0 Å². The summed E-state index contributed by atoms with van der Waals surface area (Å²) in [5, 5.41) is 12.2. The summed E-state index contributed by atoms with van der Waals surface area (Å²) in [6.07, 6.45) is 3.31. The molecule has 11 heteroatoms. The number of methoxy groups -OCH3 is 1. The third kappa shape index (κ3) is 4.85. The van der Waals surface area contributed by atoms with E-state index in [1.54, 1.807) is 35.2 Å². The number of anilines is 1. The molecule has 3 aromatic heterocycles. The van der Waals surface area contributed by atoms with Crippen LogP contribution in [0.4, 0.5) is 9.39 Å². The first-order valence-corrected chi connectivity index (χ1v) is 11.9. The minimum Gasteiger partial charge on any atom is -0.465 e. The molecule has 0 saturated carbocycles. The predicted octanol–water partition coefficient (Wildman–Crippen LogP) is 4.66. The van der Waals surface area contributed by atoms with Gasteiger partial charge in [-0.1, -0.05) is 11.8 Å². The van der Waals surface area contributed by atoms with E-state index in [-0.39, 0.29) is 17.5 Å². The maximum Gasteiger partial charge on any atom is 0.341 e. The number of ether oxygens (including phenoxy) is 1. The minimum absolute atomic E-state index is 0.0168. The van der Waals surface area contributed by atoms with E-state index in [0.29, 0.717) is 27.2 Å². The van der Waals surface area contributed by atoms with Gasteiger partial charge in [-0.25, -0.2) is 9.18 Å². The molecule has 4 aromatic rings. The lowest BCUT2D eigenvalue weighted by Gasteiger charge is -2.10. The van der Waals surface area contributed by atoms with Crippen molar-refractivity contribution in [1.82, 2.24) is 19.7 Å². The Labute approximate surface area is 203 Å². The molecule has 0 radical (unpaired) electrons. The number of thiophene rings is 1. The summed E-state index contributed by atoms with van der Waals surface area (Å²) in [5.41, 5.74) is 2.50. The van der Waals surface area contributed by atoms with Crippen LogP contribution >= 0.6 is 23.1 Å². The van der Waals surface area contributed by atoms with Crippen LogP contribution < -0.4 is 5.32 Å². The van der Waals surface area contributed by atoms with E-state index in [9.17, 15) is 14.0 Å². The van der Waals surface area contributed by atoms with Gasteiger partial charge in [-0.05, 0) is 55.8 Å². The van der Waals surface area contributed by atoms with Crippen molar-refractivity contribution in [2.24, 2.45) is 0 Å². The van der Waals surface area contributed by atoms with Crippen molar-refractivity contribution in [3.05, 3.63) is 70.6 Å². The zero-order chi connectivity index (χ0) is 24.2. The lowest BCUT2D eigenvalue weighted by molar-refractivity contribution is -0.113. The lowest BCUT2D eigenvalue weighted by atomic mass is 10.1. The molecule has 0 bridgehead atoms. The second-order valence-corrected chi connectivity index (χ2v) is 9.34. The number of amides is 1. The van der Waals surface area contributed by atoms with Gasteiger partial charge < -0.3 is 10.1 Å². The third-order valence-corrected chi connectivity index (χ3v) is 7.05. The molecular weight excluding hydrogens is 477 g/mol. The van der Waals surface area contributed by atoms with Gasteiger partial charge in [0, 0.05) is 28.5 Å². The number of rotatable bonds is 7. The smallest absolute Gasteiger partial charge is 0.341 e. The first kappa shape index (κ1) is 23.6. The number of aromatic nitrogens is 4. The maximum absolute atomic E-state index is 13.5. The fraction of sp³-hybridized carbons (Fsp3) is 0.174. The Kier molecular flexibility index (Phi) is 7.03. The second-order valence-electron chi connectivity index (χ2n) is 7.18. The van der Waals surface area contributed by atoms with Gasteiger partial charge in [0.05, 0.1) is 18.4 Å². The molecule has 0 atom stereocenters. The van der Waals surface area contributed by atoms with Crippen LogP contribution in [-0.4, -0.2) is 44.5 Å². The molecular formula is C23H20FN5O3S2. The fourth-order valence-corrected chi connectivity index (χ4v) is 5.04. The highest BCUT2D eigenvalue weighted by molar-refractivity contribution is 7.99. The van der Waals surface area contributed by atoms with Gasteiger partial charge in [0.15, 0.2) is 11.0 Å². The normalized spacial score (nSPS) is 10.8. The summed E-state index contributed by atoms with van der Waals surface area (Å²) in [6, 6.07) is 9.54. The summed E-state index contributed by atoms with van der Waals surface area (Å²) in [4.78, 5) is 30.0. The quantitative estimate of drug-likeness (QED) is 0.293. The Hall–Kier alpha value is -3.57. The molecule has 8 nitrogen and oxygen atoms in total. The molecule has 0 aliphatic heterocycles. The molecule has 34 heavy (non-hydrogen) atoms. The van der Waals surface area contributed by atoms with Crippen LogP contribution in [0.25, 0.3) is 17.1 Å². The first-order valence-electron chi connectivity index (χ1n) is 10.1. The molecule has 0 spiro atoms. The predicted molar refractivity (Wildman–Crippen MR) is 129 cm³/mol. The first-order chi connectivity index (χ1) is 16.4. The SMILES string of the molecule is COC(=O)c1c(NC(=O)CSc2nnc(-c3cccnc3)n2-c2ccc(F)cc2)sc(C)c1C. The molecule has 0 saturated heterocycles. The average molecular weight is 498 g/mol. The maximum atomic E-state index is 13.5. The standard InChI is InChI=1S/C23H20FN5O3S2/c1-13-14(2)34-21(19(13)22(31)32-3)26-18(30)12-33-23-28-27-20(15-5-4-10-25-11-15)29(23)17-8-6-16(24)7-9-17/h4-11H,12H2,1-3H3,(H,26,30). The van der Waals surface area contributed by atoms with Crippen molar-refractivity contribution in [2.45, 2.75) is 19.0 Å². The van der Waals surface area contributed by atoms with E-state index in [1.165, 1.54) is 42.3 Å². The van der Waals surface area contributed by atoms with E-state index in [0.717, 1.165) is 16.0 Å². The van der Waals surface area contributed by atoms with Crippen molar-refractivity contribution in [3.63, 3.8) is 0 Å². The Bertz CT molecular complexity index is 1340. The van der Waals surface area contributed by atoms with Crippen LogP contribution in [0.1, 0.15) is 20.8 Å². The molecule has 0 aliphatic carbocycles. The van der Waals surface area contributed by atoms with Crippen molar-refractivity contribution in [2.75, 3.05) is 18.2 Å². The molecule has 1 amide bonds. The summed E-state index contributed by atoms with van der Waals surface area (Å²) >= 11 is 2.49. The van der Waals surface area contributed by atoms with Crippen LogP contribution in [0.2, 0.25) is 0 Å². The number of esters is 1. The molecule has 4 rings (SSSR count). The van der Waals surface area contributed by atoms with E-state index in [4.69, 9.17) is 4.74 Å². The van der Waals surface area contributed by atoms with Crippen LogP contribution in [0.3, 0.4) is 0 Å². The Morgan fingerprint density at radius 1 is 1.18 bits per heavy atom. The highest BCUT2D eigenvalue weighted by atomic mass is 32.2. The Balaban J connectivity index is 1.59. The monoisotopic (exact) mass is 497 g/mol. The molecule has 0 aliphatic rings. The summed E-state index contributed by atoms with van der Waals surface area (Å²) in [5.74, 6) is -0.644. The third-order valence-electron chi connectivity index (χ3n) is 5.00. The zero-order valence-electron chi connectivity index (χ0n) is 18.5. The van der Waals surface area contributed by atoms with Crippen LogP contribution in [0.5, 0.6) is 0 Å². The van der Waals surface area contributed by atoms with E-state index in [1.807, 2.05) is 19.9 Å². The molecule has 0 fully saturated rings. The van der Waals surface area contributed by atoms with Gasteiger partial charge in [0.25, 0.3) is 0 Å². The highest BCUT2D eigenvalue weighted by Gasteiger charge is 2.22. The number of halogens is 1. The van der Waals surface area contributed by atoms with Crippen LogP contribution in [0, 0.1) is 19.7 Å². The molecule has 174 valence electrons. The number of benzene rings is 1. The average Bonchev–Trinajstić information content (AvgIpc) is 3.39. The van der Waals surface area contributed by atoms with Crippen LogP contribution in [-0.2, 0) is 9.53 Å². The van der Waals surface area contributed by atoms with Gasteiger partial charge in [-0.15, -0.1) is 21.5 Å². The summed E-state index contributed by atoms with van der Waals surface area (Å²) in [7, 11) is 1.30. The Morgan fingerprint density at radius 3 is 2.62 bits per heavy atom. The number of carbonyl (C=O) groups is 2. The summed E-state index contributed by atoms with van der Waals surface area (Å²) < 4.78 is 20.1. The number of aryl methyl sites for hydroxylation is 1. The highest BCUT2D eigenvalue weighted by Crippen LogP contribution is 2.33. The fourth-order valence-electron chi connectivity index (χ4n) is 3.22. The molecule has 3 heterocycles. The lowest BCUT2D eigenvalue weighted by Crippen LogP contribution is -2.16. The van der Waals surface area contributed by atoms with E-state index >= 15 is 0 Å². The molecule has 1 N–H and O–H groups in total. The van der Waals surface area contributed by atoms with Crippen molar-refractivity contribution in [3.8, 4) is 17.1 Å². The van der Waals surface area contributed by atoms with Gasteiger partial charge >= 0.3 is 5.97 Å². The number of hydrogen-bond donors (Lipinski definition) is 1. The molecule has 0 unspecified atom stereocenters. The van der Waals surface area contributed by atoms with E-state index < -0.39 is 5.97 Å². The number of nitrogens with zero attached hydrogens (tertiary/aromatic N) is 4. The minimum atomic E-state index is -0.498. The number of nitrogens with one attached hydrogen (secondary N) is 1. The number of pyridine rings is 1. The second kappa shape index (κ2) is 10.1. The van der Waals surface area contributed by atoms with E-state index in [2.05, 4.69) is 20.5 Å². The number of thioether (sulfide) groups is 1. The Morgan fingerprint density at radius 2 is 1.94 bits per heavy atom. The van der Waals surface area contributed by atoms with Gasteiger partial charge in [0.1, 0.15) is 10.8 Å².